The van der Waals surface area contributed by atoms with Crippen LogP contribution in [-0.2, 0) is 6.54 Å². The van der Waals surface area contributed by atoms with Crippen molar-refractivity contribution in [2.24, 2.45) is 0 Å². The van der Waals surface area contributed by atoms with Gasteiger partial charge in [0.05, 0.1) is 5.56 Å². The molecule has 0 bridgehead atoms. The molecule has 2 aromatic rings. The predicted molar refractivity (Wildman–Crippen MR) is 96.6 cm³/mol. The molecule has 1 saturated heterocycles. The summed E-state index contributed by atoms with van der Waals surface area (Å²) in [6, 6.07) is 7.52. The van der Waals surface area contributed by atoms with Gasteiger partial charge < -0.3 is 4.90 Å². The third kappa shape index (κ3) is 4.27. The molecule has 0 aliphatic carbocycles. The second-order valence-electron chi connectivity index (χ2n) is 5.67. The molecule has 3 nitrogen and oxygen atoms in total. The first-order valence-corrected chi connectivity index (χ1v) is 9.31. The number of rotatable bonds is 3. The monoisotopic (exact) mass is 368 g/mol. The van der Waals surface area contributed by atoms with E-state index in [9.17, 15) is 4.79 Å². The van der Waals surface area contributed by atoms with Crippen molar-refractivity contribution in [2.75, 3.05) is 26.2 Å². The Balaban J connectivity index is 1.61. The fraction of sp³-hybridized carbons (Fsp3) is 0.353. The Labute approximate surface area is 150 Å². The van der Waals surface area contributed by atoms with Gasteiger partial charge in [-0.3, -0.25) is 9.69 Å². The molecule has 6 heteroatoms. The maximum atomic E-state index is 12.4. The number of hydrogen-bond acceptors (Lipinski definition) is 3. The number of halogens is 2. The molecule has 0 radical (unpaired) electrons. The molecule has 1 fully saturated rings. The van der Waals surface area contributed by atoms with Crippen LogP contribution in [0.3, 0.4) is 0 Å². The lowest BCUT2D eigenvalue weighted by Crippen LogP contribution is -2.34. The van der Waals surface area contributed by atoms with Gasteiger partial charge in [0, 0.05) is 48.1 Å². The zero-order chi connectivity index (χ0) is 16.2. The van der Waals surface area contributed by atoms with E-state index in [1.807, 2.05) is 33.9 Å². The van der Waals surface area contributed by atoms with Crippen LogP contribution < -0.4 is 0 Å². The minimum absolute atomic E-state index is 0.137. The van der Waals surface area contributed by atoms with Gasteiger partial charge >= 0.3 is 0 Å². The van der Waals surface area contributed by atoms with Gasteiger partial charge in [-0.15, -0.1) is 0 Å². The van der Waals surface area contributed by atoms with Gasteiger partial charge in [-0.2, -0.15) is 11.3 Å². The van der Waals surface area contributed by atoms with Crippen LogP contribution >= 0.6 is 34.5 Å². The highest BCUT2D eigenvalue weighted by atomic mass is 35.5. The van der Waals surface area contributed by atoms with Crippen molar-refractivity contribution in [1.82, 2.24) is 9.80 Å². The highest BCUT2D eigenvalue weighted by Crippen LogP contribution is 2.23. The van der Waals surface area contributed by atoms with Gasteiger partial charge in [0.1, 0.15) is 0 Å². The number of thiophene rings is 1. The maximum absolute atomic E-state index is 12.4. The number of hydrogen-bond donors (Lipinski definition) is 0. The average molecular weight is 369 g/mol. The zero-order valence-electron chi connectivity index (χ0n) is 12.7. The van der Waals surface area contributed by atoms with Crippen LogP contribution in [0.5, 0.6) is 0 Å². The van der Waals surface area contributed by atoms with Crippen molar-refractivity contribution < 1.29 is 4.79 Å². The third-order valence-corrected chi connectivity index (χ3v) is 5.32. The Kier molecular flexibility index (Phi) is 5.59. The Hall–Kier alpha value is -1.07. The van der Waals surface area contributed by atoms with Gasteiger partial charge in [-0.25, -0.2) is 0 Å². The number of carbonyl (C=O) groups is 1. The highest BCUT2D eigenvalue weighted by Gasteiger charge is 2.21. The number of amides is 1. The first-order chi connectivity index (χ1) is 11.1. The quantitative estimate of drug-likeness (QED) is 0.801. The molecule has 0 saturated carbocycles. The van der Waals surface area contributed by atoms with Crippen molar-refractivity contribution in [3.05, 3.63) is 56.2 Å². The van der Waals surface area contributed by atoms with Crippen LogP contribution in [0.1, 0.15) is 22.3 Å². The summed E-state index contributed by atoms with van der Waals surface area (Å²) in [7, 11) is 0. The molecular formula is C17H18Cl2N2OS. The molecule has 2 heterocycles. The molecule has 1 amide bonds. The number of benzene rings is 1. The molecule has 1 aromatic heterocycles. The van der Waals surface area contributed by atoms with Gasteiger partial charge in [0.15, 0.2) is 0 Å². The lowest BCUT2D eigenvalue weighted by molar-refractivity contribution is 0.0761. The van der Waals surface area contributed by atoms with Crippen molar-refractivity contribution in [1.29, 1.82) is 0 Å². The van der Waals surface area contributed by atoms with E-state index >= 15 is 0 Å². The first-order valence-electron chi connectivity index (χ1n) is 7.61. The normalized spacial score (nSPS) is 16.3. The summed E-state index contributed by atoms with van der Waals surface area (Å²) in [5, 5.41) is 5.22. The van der Waals surface area contributed by atoms with Gasteiger partial charge in [0.25, 0.3) is 5.91 Å². The summed E-state index contributed by atoms with van der Waals surface area (Å²) < 4.78 is 0. The van der Waals surface area contributed by atoms with E-state index < -0.39 is 0 Å². The van der Waals surface area contributed by atoms with Crippen LogP contribution in [0.15, 0.2) is 35.0 Å². The Morgan fingerprint density at radius 2 is 2.00 bits per heavy atom. The van der Waals surface area contributed by atoms with Crippen molar-refractivity contribution in [3.63, 3.8) is 0 Å². The van der Waals surface area contributed by atoms with E-state index in [1.165, 1.54) is 0 Å². The summed E-state index contributed by atoms with van der Waals surface area (Å²) in [4.78, 5) is 16.7. The van der Waals surface area contributed by atoms with Crippen LogP contribution in [0.25, 0.3) is 0 Å². The number of nitrogens with zero attached hydrogens (tertiary/aromatic N) is 2. The molecule has 1 aliphatic heterocycles. The molecule has 122 valence electrons. The second-order valence-corrected chi connectivity index (χ2v) is 7.29. The summed E-state index contributed by atoms with van der Waals surface area (Å²) in [6.45, 7) is 4.16. The van der Waals surface area contributed by atoms with Gasteiger partial charge in [-0.1, -0.05) is 29.3 Å². The minimum atomic E-state index is 0.137. The Morgan fingerprint density at radius 1 is 1.13 bits per heavy atom. The van der Waals surface area contributed by atoms with Crippen LogP contribution in [0, 0.1) is 0 Å². The highest BCUT2D eigenvalue weighted by molar-refractivity contribution is 7.08. The molecule has 0 spiro atoms. The smallest absolute Gasteiger partial charge is 0.254 e. The standard InChI is InChI=1S/C17H18Cl2N2OS/c18-15-3-2-13(16(19)10-15)11-20-5-1-6-21(8-7-20)17(22)14-4-9-23-12-14/h2-4,9-10,12H,1,5-8,11H2. The third-order valence-electron chi connectivity index (χ3n) is 4.05. The molecule has 3 rings (SSSR count). The van der Waals surface area contributed by atoms with Crippen LogP contribution in [-0.4, -0.2) is 41.9 Å². The predicted octanol–water partition coefficient (Wildman–Crippen LogP) is 4.40. The lowest BCUT2D eigenvalue weighted by atomic mass is 10.2. The van der Waals surface area contributed by atoms with E-state index in [0.717, 1.165) is 50.3 Å². The van der Waals surface area contributed by atoms with E-state index in [1.54, 1.807) is 17.4 Å². The molecule has 0 N–H and O–H groups in total. The molecule has 23 heavy (non-hydrogen) atoms. The topological polar surface area (TPSA) is 23.6 Å². The number of carbonyl (C=O) groups excluding carboxylic acids is 1. The van der Waals surface area contributed by atoms with Crippen LogP contribution in [0.4, 0.5) is 0 Å². The second kappa shape index (κ2) is 7.67. The van der Waals surface area contributed by atoms with E-state index in [0.29, 0.717) is 10.0 Å². The minimum Gasteiger partial charge on any atom is -0.337 e. The van der Waals surface area contributed by atoms with Crippen molar-refractivity contribution in [2.45, 2.75) is 13.0 Å². The van der Waals surface area contributed by atoms with E-state index in [4.69, 9.17) is 23.2 Å². The molecule has 0 unspecified atom stereocenters. The Morgan fingerprint density at radius 3 is 2.74 bits per heavy atom. The van der Waals surface area contributed by atoms with Crippen molar-refractivity contribution in [3.8, 4) is 0 Å². The molecule has 1 aliphatic rings. The first kappa shape index (κ1) is 16.8. The van der Waals surface area contributed by atoms with E-state index in [-0.39, 0.29) is 5.91 Å². The summed E-state index contributed by atoms with van der Waals surface area (Å²) in [6.07, 6.45) is 0.973. The maximum Gasteiger partial charge on any atom is 0.254 e. The summed E-state index contributed by atoms with van der Waals surface area (Å²) in [5.41, 5.74) is 1.87. The fourth-order valence-electron chi connectivity index (χ4n) is 2.79. The summed E-state index contributed by atoms with van der Waals surface area (Å²) in [5.74, 6) is 0.137. The fourth-order valence-corrected chi connectivity index (χ4v) is 3.89. The SMILES string of the molecule is O=C(c1ccsc1)N1CCCN(Cc2ccc(Cl)cc2Cl)CC1. The Bertz CT molecular complexity index is 675. The molecule has 0 atom stereocenters. The zero-order valence-corrected chi connectivity index (χ0v) is 15.0. The molecular weight excluding hydrogens is 351 g/mol. The summed E-state index contributed by atoms with van der Waals surface area (Å²) >= 11 is 13.8. The van der Waals surface area contributed by atoms with E-state index in [2.05, 4.69) is 4.90 Å². The average Bonchev–Trinajstić information content (AvgIpc) is 2.96. The van der Waals surface area contributed by atoms with Crippen LogP contribution in [0.2, 0.25) is 10.0 Å². The largest absolute Gasteiger partial charge is 0.337 e. The van der Waals surface area contributed by atoms with Crippen molar-refractivity contribution >= 4 is 40.4 Å². The lowest BCUT2D eigenvalue weighted by Gasteiger charge is -2.22. The van der Waals surface area contributed by atoms with Gasteiger partial charge in [-0.05, 0) is 35.6 Å². The van der Waals surface area contributed by atoms with Gasteiger partial charge in [0.2, 0.25) is 0 Å². The molecule has 1 aromatic carbocycles.